The number of benzene rings is 1. The molecule has 0 amide bonds. The summed E-state index contributed by atoms with van der Waals surface area (Å²) in [5.41, 5.74) is 2.47. The molecule has 1 N–H and O–H groups in total. The average molecular weight is 318 g/mol. The van der Waals surface area contributed by atoms with E-state index in [-0.39, 0.29) is 4.90 Å². The zero-order chi connectivity index (χ0) is 16.8. The molecule has 0 aromatic heterocycles. The van der Waals surface area contributed by atoms with E-state index < -0.39 is 10.1 Å². The molecule has 22 heavy (non-hydrogen) atoms. The Bertz CT molecular complexity index is 703. The average Bonchev–Trinajstić information content (AvgIpc) is 2.42. The van der Waals surface area contributed by atoms with Gasteiger partial charge in [0, 0.05) is 11.1 Å². The molecule has 0 saturated carbocycles. The summed E-state index contributed by atoms with van der Waals surface area (Å²) in [5.74, 6) is 0. The topological polar surface area (TPSA) is 54.4 Å². The van der Waals surface area contributed by atoms with Gasteiger partial charge in [0.1, 0.15) is 4.90 Å². The van der Waals surface area contributed by atoms with Gasteiger partial charge in [-0.15, -0.1) is 0 Å². The van der Waals surface area contributed by atoms with Gasteiger partial charge in [0.25, 0.3) is 10.1 Å². The van der Waals surface area contributed by atoms with Crippen LogP contribution in [0.4, 0.5) is 0 Å². The number of hydrogen-bond donors (Lipinski definition) is 1. The van der Waals surface area contributed by atoms with Gasteiger partial charge in [0.15, 0.2) is 0 Å². The molecular weight excluding hydrogens is 296 g/mol. The highest BCUT2D eigenvalue weighted by molar-refractivity contribution is 7.86. The van der Waals surface area contributed by atoms with Crippen LogP contribution in [0.3, 0.4) is 0 Å². The number of rotatable bonds is 5. The molecule has 0 aliphatic heterocycles. The number of hydrogen-bond acceptors (Lipinski definition) is 2. The Morgan fingerprint density at radius 2 is 1.14 bits per heavy atom. The van der Waals surface area contributed by atoms with Crippen LogP contribution in [0.15, 0.2) is 35.3 Å². The summed E-state index contributed by atoms with van der Waals surface area (Å²) in [5, 5.41) is 0. The fraction of sp³-hybridized carbons (Fsp3) is 0.222. The zero-order valence-corrected chi connectivity index (χ0v) is 14.2. The van der Waals surface area contributed by atoms with Gasteiger partial charge in [-0.2, -0.15) is 8.42 Å². The van der Waals surface area contributed by atoms with Crippen molar-refractivity contribution in [1.29, 1.82) is 0 Å². The molecule has 118 valence electrons. The predicted molar refractivity (Wildman–Crippen MR) is 95.1 cm³/mol. The highest BCUT2D eigenvalue weighted by Crippen LogP contribution is 2.32. The molecule has 0 spiro atoms. The van der Waals surface area contributed by atoms with E-state index in [1.807, 2.05) is 58.1 Å². The first-order valence-electron chi connectivity index (χ1n) is 7.09. The molecule has 0 saturated heterocycles. The van der Waals surface area contributed by atoms with Crippen LogP contribution in [0.25, 0.3) is 24.3 Å². The minimum absolute atomic E-state index is 0.0626. The summed E-state index contributed by atoms with van der Waals surface area (Å²) >= 11 is 0. The highest BCUT2D eigenvalue weighted by Gasteiger charge is 2.22. The maximum atomic E-state index is 12.0. The van der Waals surface area contributed by atoms with E-state index in [0.717, 1.165) is 11.1 Å². The van der Waals surface area contributed by atoms with Gasteiger partial charge >= 0.3 is 0 Å². The molecule has 1 rings (SSSR count). The van der Waals surface area contributed by atoms with Crippen molar-refractivity contribution in [2.24, 2.45) is 0 Å². The van der Waals surface area contributed by atoms with E-state index in [4.69, 9.17) is 0 Å². The predicted octanol–water partition coefficient (Wildman–Crippen LogP) is 5.07. The van der Waals surface area contributed by atoms with Gasteiger partial charge in [0.2, 0.25) is 0 Å². The molecule has 0 unspecified atom stereocenters. The maximum Gasteiger partial charge on any atom is 0.295 e. The van der Waals surface area contributed by atoms with Crippen LogP contribution in [0, 0.1) is 0 Å². The maximum absolute atomic E-state index is 12.0. The van der Waals surface area contributed by atoms with Crippen LogP contribution in [0.2, 0.25) is 0 Å². The van der Waals surface area contributed by atoms with Gasteiger partial charge in [-0.25, -0.2) is 0 Å². The lowest BCUT2D eigenvalue weighted by Gasteiger charge is -2.14. The molecule has 1 aromatic carbocycles. The Balaban J connectivity index is 4.08. The number of allylic oxidation sites excluding steroid dienone is 4. The second-order valence-electron chi connectivity index (χ2n) is 4.69. The lowest BCUT2D eigenvalue weighted by Crippen LogP contribution is -2.07. The molecule has 4 heteroatoms. The van der Waals surface area contributed by atoms with Crippen molar-refractivity contribution >= 4 is 34.4 Å². The summed E-state index contributed by atoms with van der Waals surface area (Å²) in [4.78, 5) is -0.0626. The lowest BCUT2D eigenvalue weighted by atomic mass is 9.96. The highest BCUT2D eigenvalue weighted by atomic mass is 32.2. The minimum Gasteiger partial charge on any atom is -0.282 e. The van der Waals surface area contributed by atoms with Gasteiger partial charge < -0.3 is 0 Å². The molecule has 0 fully saturated rings. The van der Waals surface area contributed by atoms with E-state index in [1.165, 1.54) is 0 Å². The molecule has 0 aliphatic carbocycles. The van der Waals surface area contributed by atoms with Crippen LogP contribution in [0.1, 0.15) is 49.9 Å². The first-order valence-corrected chi connectivity index (χ1v) is 8.53. The summed E-state index contributed by atoms with van der Waals surface area (Å²) in [6.45, 7) is 7.34. The van der Waals surface area contributed by atoms with Crippen LogP contribution < -0.4 is 0 Å². The molecule has 3 nitrogen and oxygen atoms in total. The molecular formula is C18H22O3S. The molecule has 0 radical (unpaired) electrons. The molecule has 1 aromatic rings. The van der Waals surface area contributed by atoms with Crippen LogP contribution in [0.5, 0.6) is 0 Å². The van der Waals surface area contributed by atoms with Crippen molar-refractivity contribution in [3.8, 4) is 0 Å². The second-order valence-corrected chi connectivity index (χ2v) is 6.04. The van der Waals surface area contributed by atoms with Crippen molar-refractivity contribution in [2.75, 3.05) is 0 Å². The van der Waals surface area contributed by atoms with Crippen molar-refractivity contribution in [3.05, 3.63) is 52.6 Å². The Morgan fingerprint density at radius 1 is 0.773 bits per heavy atom. The Hall–Kier alpha value is -1.91. The fourth-order valence-corrected chi connectivity index (χ4v) is 3.25. The van der Waals surface area contributed by atoms with E-state index in [9.17, 15) is 13.0 Å². The van der Waals surface area contributed by atoms with Crippen LogP contribution in [-0.2, 0) is 10.1 Å². The van der Waals surface area contributed by atoms with Crippen molar-refractivity contribution < 1.29 is 13.0 Å². The van der Waals surface area contributed by atoms with Gasteiger partial charge in [-0.3, -0.25) is 4.55 Å². The van der Waals surface area contributed by atoms with Gasteiger partial charge in [0.05, 0.1) is 0 Å². The van der Waals surface area contributed by atoms with Gasteiger partial charge in [-0.05, 0) is 44.9 Å². The normalized spacial score (nSPS) is 13.3. The molecule has 0 aliphatic rings. The third-order valence-corrected chi connectivity index (χ3v) is 4.00. The summed E-state index contributed by atoms with van der Waals surface area (Å²) in [6, 6.07) is 1.92. The lowest BCUT2D eigenvalue weighted by molar-refractivity contribution is 0.483. The first-order chi connectivity index (χ1) is 10.4. The smallest absolute Gasteiger partial charge is 0.282 e. The van der Waals surface area contributed by atoms with E-state index >= 15 is 0 Å². The first kappa shape index (κ1) is 18.1. The third kappa shape index (κ3) is 4.06. The van der Waals surface area contributed by atoms with Crippen molar-refractivity contribution in [2.45, 2.75) is 32.6 Å². The molecule has 0 bridgehead atoms. The van der Waals surface area contributed by atoms with Crippen molar-refractivity contribution in [1.82, 2.24) is 0 Å². The van der Waals surface area contributed by atoms with Crippen LogP contribution >= 0.6 is 0 Å². The quantitative estimate of drug-likeness (QED) is 0.771. The van der Waals surface area contributed by atoms with E-state index in [0.29, 0.717) is 11.1 Å². The van der Waals surface area contributed by atoms with E-state index in [2.05, 4.69) is 0 Å². The summed E-state index contributed by atoms with van der Waals surface area (Å²) < 4.78 is 33.7. The van der Waals surface area contributed by atoms with Crippen LogP contribution in [-0.4, -0.2) is 13.0 Å². The van der Waals surface area contributed by atoms with E-state index in [1.54, 1.807) is 24.3 Å². The molecule has 0 heterocycles. The standard InChI is InChI=1S/C18H22O3S/c1-5-9-14-13-15(10-6-2)17(12-8-4)18(22(19,20)21)16(14)11-7-3/h5-13H,1-4H3,(H,19,20,21)/b9-5+,10-6+,11-7+,12-8+. The largest absolute Gasteiger partial charge is 0.295 e. The minimum atomic E-state index is -4.36. The summed E-state index contributed by atoms with van der Waals surface area (Å²) in [6.07, 6.45) is 14.2. The zero-order valence-electron chi connectivity index (χ0n) is 13.4. The third-order valence-electron chi connectivity index (χ3n) is 3.04. The fourth-order valence-electron chi connectivity index (χ4n) is 2.32. The van der Waals surface area contributed by atoms with Crippen molar-refractivity contribution in [3.63, 3.8) is 0 Å². The Kier molecular flexibility index (Phi) is 6.53. The monoisotopic (exact) mass is 318 g/mol. The Labute approximate surface area is 133 Å². The Morgan fingerprint density at radius 3 is 1.41 bits per heavy atom. The second kappa shape index (κ2) is 7.92. The SMILES string of the molecule is C/C=C/c1cc(/C=C/C)c(/C=C/C)c(S(=O)(=O)O)c1/C=C/C. The molecule has 0 atom stereocenters. The summed E-state index contributed by atoms with van der Waals surface area (Å²) in [7, 11) is -4.36. The van der Waals surface area contributed by atoms with Gasteiger partial charge in [-0.1, -0.05) is 48.6 Å².